The van der Waals surface area contributed by atoms with Crippen molar-refractivity contribution in [3.05, 3.63) is 23.8 Å². The number of rotatable bonds is 19. The maximum Gasteiger partial charge on any atom is 0.238 e. The van der Waals surface area contributed by atoms with Crippen LogP contribution in [-0.2, 0) is 16.1 Å². The molecule has 1 aromatic carbocycles. The van der Waals surface area contributed by atoms with Gasteiger partial charge in [-0.25, -0.2) is 0 Å². The highest BCUT2D eigenvalue weighted by Crippen LogP contribution is 2.24. The van der Waals surface area contributed by atoms with Crippen molar-refractivity contribution in [2.24, 2.45) is 0 Å². The van der Waals surface area contributed by atoms with Gasteiger partial charge >= 0.3 is 0 Å². The molecule has 0 spiro atoms. The summed E-state index contributed by atoms with van der Waals surface area (Å²) in [6.45, 7) is 15.5. The number of hydrogen-bond acceptors (Lipinski definition) is 5. The number of nitrogens with one attached hydrogen (secondary N) is 2. The Balaban J connectivity index is 0.0000116. The molecule has 0 aliphatic rings. The number of halogens is 1. The van der Waals surface area contributed by atoms with E-state index < -0.39 is 0 Å². The Morgan fingerprint density at radius 1 is 0.800 bits per heavy atom. The molecule has 0 radical (unpaired) electrons. The van der Waals surface area contributed by atoms with E-state index in [9.17, 15) is 9.59 Å². The number of amides is 2. The molecule has 202 valence electrons. The summed E-state index contributed by atoms with van der Waals surface area (Å²) in [6.07, 6.45) is 7.23. The lowest BCUT2D eigenvalue weighted by molar-refractivity contribution is -0.122. The maximum atomic E-state index is 12.5. The Bertz CT molecular complexity index is 710. The number of benzene rings is 1. The molecule has 35 heavy (non-hydrogen) atoms. The van der Waals surface area contributed by atoms with Crippen molar-refractivity contribution < 1.29 is 14.3 Å². The summed E-state index contributed by atoms with van der Waals surface area (Å²) in [5.41, 5.74) is 1.59. The van der Waals surface area contributed by atoms with Crippen molar-refractivity contribution in [1.82, 2.24) is 15.1 Å². The van der Waals surface area contributed by atoms with E-state index in [2.05, 4.69) is 41.2 Å². The fourth-order valence-electron chi connectivity index (χ4n) is 3.75. The zero-order chi connectivity index (χ0) is 25.2. The third-order valence-corrected chi connectivity index (χ3v) is 6.10. The summed E-state index contributed by atoms with van der Waals surface area (Å²) in [6, 6.07) is 5.68. The maximum absolute atomic E-state index is 12.5. The largest absolute Gasteiger partial charge is 0.493 e. The third kappa shape index (κ3) is 14.4. The Morgan fingerprint density at radius 3 is 1.97 bits per heavy atom. The minimum atomic E-state index is -0.0408. The number of unbranched alkanes of at least 4 members (excludes halogenated alkanes) is 5. The van der Waals surface area contributed by atoms with Crippen LogP contribution in [-0.4, -0.2) is 67.5 Å². The van der Waals surface area contributed by atoms with Gasteiger partial charge in [0.05, 0.1) is 19.7 Å². The molecule has 0 aromatic heterocycles. The van der Waals surface area contributed by atoms with Crippen LogP contribution in [0.25, 0.3) is 0 Å². The predicted octanol–water partition coefficient (Wildman–Crippen LogP) is 5.09. The minimum absolute atomic E-state index is 0. The molecule has 1 aromatic rings. The van der Waals surface area contributed by atoms with Crippen molar-refractivity contribution in [2.75, 3.05) is 51.2 Å². The van der Waals surface area contributed by atoms with E-state index >= 15 is 0 Å². The molecule has 0 atom stereocenters. The summed E-state index contributed by atoms with van der Waals surface area (Å²) in [4.78, 5) is 29.0. The SMILES string of the molecule is CCCCCCCCOc1ccc(NC(=O)CN(CC)CC)cc1CNC(=O)CN(CC)CC.Cl. The second kappa shape index (κ2) is 20.4. The van der Waals surface area contributed by atoms with Crippen LogP contribution in [0, 0.1) is 0 Å². The molecule has 0 fully saturated rings. The van der Waals surface area contributed by atoms with Gasteiger partial charge in [-0.05, 0) is 50.8 Å². The standard InChI is InChI=1S/C27H48N4O3.ClH/c1-6-11-12-13-14-15-18-34-25-17-16-24(29-27(33)22-31(9-4)10-5)19-23(25)20-28-26(32)21-30(7-2)8-3;/h16-17,19H,6-15,18,20-22H2,1-5H3,(H,28,32)(H,29,33);1H. The summed E-state index contributed by atoms with van der Waals surface area (Å²) >= 11 is 0. The van der Waals surface area contributed by atoms with Crippen LogP contribution in [0.1, 0.15) is 78.7 Å². The molecule has 0 heterocycles. The zero-order valence-corrected chi connectivity index (χ0v) is 23.5. The number of nitrogens with zero attached hydrogens (tertiary/aromatic N) is 2. The molecule has 8 heteroatoms. The van der Waals surface area contributed by atoms with Crippen molar-refractivity contribution in [3.8, 4) is 5.75 Å². The first-order valence-corrected chi connectivity index (χ1v) is 13.2. The molecule has 0 saturated carbocycles. The molecule has 0 unspecified atom stereocenters. The number of carbonyl (C=O) groups is 2. The highest BCUT2D eigenvalue weighted by Gasteiger charge is 2.12. The molecule has 0 aliphatic carbocycles. The second-order valence-electron chi connectivity index (χ2n) is 8.69. The highest BCUT2D eigenvalue weighted by atomic mass is 35.5. The minimum Gasteiger partial charge on any atom is -0.493 e. The van der Waals surface area contributed by atoms with Crippen molar-refractivity contribution in [2.45, 2.75) is 79.7 Å². The molecule has 0 bridgehead atoms. The van der Waals surface area contributed by atoms with E-state index in [4.69, 9.17) is 4.74 Å². The summed E-state index contributed by atoms with van der Waals surface area (Å²) < 4.78 is 6.08. The number of hydrogen-bond donors (Lipinski definition) is 2. The van der Waals surface area contributed by atoms with Crippen molar-refractivity contribution >= 4 is 29.9 Å². The summed E-state index contributed by atoms with van der Waals surface area (Å²) in [5, 5.41) is 6.00. The molecule has 7 nitrogen and oxygen atoms in total. The van der Waals surface area contributed by atoms with Gasteiger partial charge in [-0.1, -0.05) is 66.7 Å². The fourth-order valence-corrected chi connectivity index (χ4v) is 3.75. The average Bonchev–Trinajstić information content (AvgIpc) is 2.84. The normalized spacial score (nSPS) is 10.8. The van der Waals surface area contributed by atoms with Gasteiger partial charge in [-0.15, -0.1) is 12.4 Å². The molecule has 2 amide bonds. The smallest absolute Gasteiger partial charge is 0.238 e. The van der Waals surface area contributed by atoms with Gasteiger partial charge in [0.15, 0.2) is 0 Å². The van der Waals surface area contributed by atoms with Crippen LogP contribution in [0.3, 0.4) is 0 Å². The van der Waals surface area contributed by atoms with Gasteiger partial charge in [0.2, 0.25) is 11.8 Å². The van der Waals surface area contributed by atoms with Crippen LogP contribution in [0.15, 0.2) is 18.2 Å². The van der Waals surface area contributed by atoms with Crippen LogP contribution >= 0.6 is 12.4 Å². The quantitative estimate of drug-likeness (QED) is 0.253. The number of ether oxygens (including phenoxy) is 1. The Hall–Kier alpha value is -1.83. The highest BCUT2D eigenvalue weighted by molar-refractivity contribution is 5.92. The first-order chi connectivity index (χ1) is 16.5. The van der Waals surface area contributed by atoms with E-state index in [-0.39, 0.29) is 24.2 Å². The van der Waals surface area contributed by atoms with Gasteiger partial charge in [-0.3, -0.25) is 19.4 Å². The number of carbonyl (C=O) groups excluding carboxylic acids is 2. The summed E-state index contributed by atoms with van der Waals surface area (Å²) in [7, 11) is 0. The lowest BCUT2D eigenvalue weighted by Crippen LogP contribution is -2.36. The monoisotopic (exact) mass is 512 g/mol. The van der Waals surface area contributed by atoms with Gasteiger partial charge in [0.25, 0.3) is 0 Å². The Labute approximate surface area is 219 Å². The molecule has 1 rings (SSSR count). The van der Waals surface area contributed by atoms with Crippen LogP contribution in [0.4, 0.5) is 5.69 Å². The van der Waals surface area contributed by atoms with E-state index in [1.54, 1.807) is 0 Å². The van der Waals surface area contributed by atoms with Crippen molar-refractivity contribution in [3.63, 3.8) is 0 Å². The second-order valence-corrected chi connectivity index (χ2v) is 8.69. The van der Waals surface area contributed by atoms with E-state index in [0.717, 1.165) is 56.0 Å². The first-order valence-electron chi connectivity index (χ1n) is 13.2. The fraction of sp³-hybridized carbons (Fsp3) is 0.704. The molecule has 0 aliphatic heterocycles. The van der Waals surface area contributed by atoms with Crippen molar-refractivity contribution in [1.29, 1.82) is 0 Å². The van der Waals surface area contributed by atoms with Crippen LogP contribution in [0.2, 0.25) is 0 Å². The lowest BCUT2D eigenvalue weighted by Gasteiger charge is -2.19. The molecular formula is C27H49ClN4O3. The molecule has 2 N–H and O–H groups in total. The Morgan fingerprint density at radius 2 is 1.37 bits per heavy atom. The number of anilines is 1. The first kappa shape index (κ1) is 33.2. The number of likely N-dealkylation sites (N-methyl/N-ethyl adjacent to an activating group) is 2. The van der Waals surface area contributed by atoms with Gasteiger partial charge in [0, 0.05) is 17.8 Å². The average molecular weight is 513 g/mol. The van der Waals surface area contributed by atoms with E-state index in [0.29, 0.717) is 26.2 Å². The van der Waals surface area contributed by atoms with Crippen LogP contribution < -0.4 is 15.4 Å². The zero-order valence-electron chi connectivity index (χ0n) is 22.7. The predicted molar refractivity (Wildman–Crippen MR) is 149 cm³/mol. The van der Waals surface area contributed by atoms with Gasteiger partial charge in [0.1, 0.15) is 5.75 Å². The Kier molecular flexibility index (Phi) is 19.3. The topological polar surface area (TPSA) is 73.9 Å². The molecule has 0 saturated heterocycles. The van der Waals surface area contributed by atoms with E-state index in [1.165, 1.54) is 25.7 Å². The molecular weight excluding hydrogens is 464 g/mol. The third-order valence-electron chi connectivity index (χ3n) is 6.10. The van der Waals surface area contributed by atoms with Crippen LogP contribution in [0.5, 0.6) is 5.75 Å². The lowest BCUT2D eigenvalue weighted by atomic mass is 10.1. The summed E-state index contributed by atoms with van der Waals surface area (Å²) in [5.74, 6) is 0.709. The van der Waals surface area contributed by atoms with Gasteiger partial charge in [-0.2, -0.15) is 0 Å². The van der Waals surface area contributed by atoms with Gasteiger partial charge < -0.3 is 15.4 Å². The van der Waals surface area contributed by atoms with E-state index in [1.807, 2.05) is 32.0 Å².